The highest BCUT2D eigenvalue weighted by atomic mass is 16.2. The van der Waals surface area contributed by atoms with Gasteiger partial charge in [0.15, 0.2) is 0 Å². The molecule has 1 atom stereocenters. The summed E-state index contributed by atoms with van der Waals surface area (Å²) in [6.07, 6.45) is 1.63. The second-order valence-electron chi connectivity index (χ2n) is 4.16. The van der Waals surface area contributed by atoms with Crippen LogP contribution in [0.3, 0.4) is 0 Å². The maximum Gasteiger partial charge on any atom is 0.242 e. The lowest BCUT2D eigenvalue weighted by Crippen LogP contribution is -2.37. The van der Waals surface area contributed by atoms with Gasteiger partial charge in [0, 0.05) is 24.8 Å². The Morgan fingerprint density at radius 3 is 2.37 bits per heavy atom. The molecule has 0 spiro atoms. The van der Waals surface area contributed by atoms with Crippen molar-refractivity contribution in [2.24, 2.45) is 0 Å². The molecule has 1 unspecified atom stereocenters. The van der Waals surface area contributed by atoms with Crippen LogP contribution in [0.1, 0.15) is 13.8 Å². The van der Waals surface area contributed by atoms with Crippen molar-refractivity contribution < 1.29 is 9.59 Å². The van der Waals surface area contributed by atoms with Gasteiger partial charge in [0.2, 0.25) is 11.8 Å². The molecular weight excluding hydrogens is 242 g/mol. The van der Waals surface area contributed by atoms with Crippen molar-refractivity contribution in [3.8, 4) is 0 Å². The van der Waals surface area contributed by atoms with Crippen LogP contribution < -0.4 is 16.0 Å². The molecule has 19 heavy (non-hydrogen) atoms. The summed E-state index contributed by atoms with van der Waals surface area (Å²) in [4.78, 5) is 22.5. The molecule has 0 aliphatic rings. The monoisotopic (exact) mass is 261 g/mol. The fourth-order valence-electron chi connectivity index (χ4n) is 1.49. The molecule has 0 heterocycles. The van der Waals surface area contributed by atoms with Gasteiger partial charge in [-0.2, -0.15) is 0 Å². The maximum absolute atomic E-state index is 11.6. The van der Waals surface area contributed by atoms with E-state index in [9.17, 15) is 9.59 Å². The van der Waals surface area contributed by atoms with Crippen LogP contribution in [-0.4, -0.2) is 24.4 Å². The predicted molar refractivity (Wildman–Crippen MR) is 77.0 cm³/mol. The molecular formula is C14H19N3O2. The highest BCUT2D eigenvalue weighted by molar-refractivity contribution is 5.89. The number of hydrogen-bond donors (Lipinski definition) is 3. The van der Waals surface area contributed by atoms with Gasteiger partial charge in [-0.1, -0.05) is 6.08 Å². The van der Waals surface area contributed by atoms with Crippen LogP contribution in [-0.2, 0) is 9.59 Å². The molecule has 0 aliphatic heterocycles. The number of hydrogen-bond acceptors (Lipinski definition) is 3. The summed E-state index contributed by atoms with van der Waals surface area (Å²) in [6, 6.07) is 6.83. The summed E-state index contributed by atoms with van der Waals surface area (Å²) in [5.74, 6) is -0.205. The molecule has 0 saturated carbocycles. The summed E-state index contributed by atoms with van der Waals surface area (Å²) in [5.41, 5.74) is 1.54. The molecule has 0 bridgehead atoms. The van der Waals surface area contributed by atoms with Crippen LogP contribution in [0.2, 0.25) is 0 Å². The Balaban J connectivity index is 2.54. The molecule has 5 nitrogen and oxygen atoms in total. The molecule has 5 heteroatoms. The largest absolute Gasteiger partial charge is 0.374 e. The van der Waals surface area contributed by atoms with Crippen molar-refractivity contribution in [1.82, 2.24) is 5.32 Å². The standard InChI is InChI=1S/C14H19N3O2/c1-4-9-15-14(19)10(2)16-12-5-7-13(8-6-12)17-11(3)18/h4-8,10,16H,1,9H2,2-3H3,(H,15,19)(H,17,18). The van der Waals surface area contributed by atoms with E-state index < -0.39 is 0 Å². The second-order valence-corrected chi connectivity index (χ2v) is 4.16. The summed E-state index contributed by atoms with van der Waals surface area (Å²) in [5, 5.41) is 8.46. The molecule has 0 aliphatic carbocycles. The lowest BCUT2D eigenvalue weighted by atomic mass is 10.2. The Labute approximate surface area is 113 Å². The minimum Gasteiger partial charge on any atom is -0.374 e. The van der Waals surface area contributed by atoms with Crippen LogP contribution in [0.5, 0.6) is 0 Å². The predicted octanol–water partition coefficient (Wildman–Crippen LogP) is 1.75. The van der Waals surface area contributed by atoms with Gasteiger partial charge in [-0.15, -0.1) is 6.58 Å². The maximum atomic E-state index is 11.6. The van der Waals surface area contributed by atoms with Crippen LogP contribution in [0.4, 0.5) is 11.4 Å². The number of carbonyl (C=O) groups is 2. The van der Waals surface area contributed by atoms with Crippen molar-refractivity contribution in [2.75, 3.05) is 17.2 Å². The van der Waals surface area contributed by atoms with Crippen LogP contribution in [0, 0.1) is 0 Å². The first-order valence-electron chi connectivity index (χ1n) is 6.05. The zero-order valence-electron chi connectivity index (χ0n) is 11.2. The van der Waals surface area contributed by atoms with Gasteiger partial charge in [-0.3, -0.25) is 9.59 Å². The van der Waals surface area contributed by atoms with E-state index in [1.54, 1.807) is 25.1 Å². The summed E-state index contributed by atoms with van der Waals surface area (Å²) in [6.45, 7) is 7.22. The lowest BCUT2D eigenvalue weighted by Gasteiger charge is -2.15. The first-order chi connectivity index (χ1) is 9.02. The van der Waals surface area contributed by atoms with E-state index in [0.717, 1.165) is 11.4 Å². The van der Waals surface area contributed by atoms with Gasteiger partial charge in [0.25, 0.3) is 0 Å². The second kappa shape index (κ2) is 7.20. The topological polar surface area (TPSA) is 70.2 Å². The third kappa shape index (κ3) is 5.25. The van der Waals surface area contributed by atoms with E-state index in [1.807, 2.05) is 12.1 Å². The lowest BCUT2D eigenvalue weighted by molar-refractivity contribution is -0.121. The quantitative estimate of drug-likeness (QED) is 0.683. The Bertz CT molecular complexity index is 454. The highest BCUT2D eigenvalue weighted by Crippen LogP contribution is 2.14. The van der Waals surface area contributed by atoms with Crippen LogP contribution >= 0.6 is 0 Å². The van der Waals surface area contributed by atoms with Gasteiger partial charge >= 0.3 is 0 Å². The first-order valence-corrected chi connectivity index (χ1v) is 6.05. The fourth-order valence-corrected chi connectivity index (χ4v) is 1.49. The Kier molecular flexibility index (Phi) is 5.60. The van der Waals surface area contributed by atoms with Crippen molar-refractivity contribution in [3.63, 3.8) is 0 Å². The van der Waals surface area contributed by atoms with Crippen molar-refractivity contribution in [1.29, 1.82) is 0 Å². The van der Waals surface area contributed by atoms with Crippen LogP contribution in [0.25, 0.3) is 0 Å². The van der Waals surface area contributed by atoms with E-state index in [-0.39, 0.29) is 17.9 Å². The van der Waals surface area contributed by atoms with Gasteiger partial charge in [0.1, 0.15) is 6.04 Å². The molecule has 0 radical (unpaired) electrons. The van der Waals surface area contributed by atoms with Crippen molar-refractivity contribution in [3.05, 3.63) is 36.9 Å². The normalized spacial score (nSPS) is 11.3. The number of carbonyl (C=O) groups excluding carboxylic acids is 2. The van der Waals surface area contributed by atoms with E-state index in [4.69, 9.17) is 0 Å². The number of anilines is 2. The summed E-state index contributed by atoms with van der Waals surface area (Å²) in [7, 11) is 0. The molecule has 0 fully saturated rings. The number of nitrogens with one attached hydrogen (secondary N) is 3. The number of rotatable bonds is 6. The molecule has 1 rings (SSSR count). The SMILES string of the molecule is C=CCNC(=O)C(C)Nc1ccc(NC(C)=O)cc1. The molecule has 1 aromatic carbocycles. The molecule has 2 amide bonds. The minimum absolute atomic E-state index is 0.0918. The smallest absolute Gasteiger partial charge is 0.242 e. The molecule has 1 aromatic rings. The van der Waals surface area contributed by atoms with Crippen molar-refractivity contribution in [2.45, 2.75) is 19.9 Å². The average molecular weight is 261 g/mol. The third-order valence-electron chi connectivity index (χ3n) is 2.40. The van der Waals surface area contributed by atoms with E-state index >= 15 is 0 Å². The summed E-state index contributed by atoms with van der Waals surface area (Å²) < 4.78 is 0. The number of amides is 2. The van der Waals surface area contributed by atoms with Gasteiger partial charge < -0.3 is 16.0 Å². The van der Waals surface area contributed by atoms with E-state index in [0.29, 0.717) is 6.54 Å². The first kappa shape index (κ1) is 14.8. The summed E-state index contributed by atoms with van der Waals surface area (Å²) >= 11 is 0. The van der Waals surface area contributed by atoms with Gasteiger partial charge in [0.05, 0.1) is 0 Å². The van der Waals surface area contributed by atoms with E-state index in [2.05, 4.69) is 22.5 Å². The number of benzene rings is 1. The average Bonchev–Trinajstić information content (AvgIpc) is 2.37. The van der Waals surface area contributed by atoms with Crippen molar-refractivity contribution >= 4 is 23.2 Å². The highest BCUT2D eigenvalue weighted by Gasteiger charge is 2.11. The Hall–Kier alpha value is -2.30. The molecule has 0 saturated heterocycles. The Morgan fingerprint density at radius 1 is 1.26 bits per heavy atom. The molecule has 102 valence electrons. The molecule has 3 N–H and O–H groups in total. The van der Waals surface area contributed by atoms with Gasteiger partial charge in [-0.25, -0.2) is 0 Å². The Morgan fingerprint density at radius 2 is 1.84 bits per heavy atom. The zero-order valence-corrected chi connectivity index (χ0v) is 11.2. The zero-order chi connectivity index (χ0) is 14.3. The minimum atomic E-state index is -0.341. The molecule has 0 aromatic heterocycles. The van der Waals surface area contributed by atoms with Crippen LogP contribution in [0.15, 0.2) is 36.9 Å². The van der Waals surface area contributed by atoms with E-state index in [1.165, 1.54) is 6.92 Å². The van der Waals surface area contributed by atoms with Gasteiger partial charge in [-0.05, 0) is 31.2 Å². The third-order valence-corrected chi connectivity index (χ3v) is 2.40. The fraction of sp³-hybridized carbons (Fsp3) is 0.286.